The van der Waals surface area contributed by atoms with Gasteiger partial charge < -0.3 is 15.3 Å². The molecule has 3 atom stereocenters. The number of fused-ring (bicyclic) bond motifs is 1. The van der Waals surface area contributed by atoms with Gasteiger partial charge in [0.15, 0.2) is 0 Å². The number of benzene rings is 3. The van der Waals surface area contributed by atoms with Crippen LogP contribution in [0, 0.1) is 5.41 Å². The second kappa shape index (κ2) is 9.70. The van der Waals surface area contributed by atoms with Crippen molar-refractivity contribution < 1.29 is 5.11 Å². The molecule has 0 aromatic heterocycles. The summed E-state index contributed by atoms with van der Waals surface area (Å²) in [5, 5.41) is 13.7. The lowest BCUT2D eigenvalue weighted by Crippen LogP contribution is -2.43. The van der Waals surface area contributed by atoms with E-state index in [0.717, 1.165) is 12.8 Å². The molecule has 3 aromatic carbocycles. The largest absolute Gasteiger partial charge is 0.508 e. The van der Waals surface area contributed by atoms with Gasteiger partial charge in [-0.05, 0) is 116 Å². The standard InChI is InChI=1S/C32H38N2O/c35-28-13-15-30-26(22-28)10-14-29(24-6-2-1-3-7-24)31(30)25-8-11-27(12-9-25)34-21-5-17-32(23-34)16-4-19-33-20-18-32/h1-3,6-9,11-13,15,22,29,31,33,35H,4-5,10,14,16-21,23H2/t29-,31+,32?/m1/s1. The molecule has 2 aliphatic heterocycles. The smallest absolute Gasteiger partial charge is 0.115 e. The van der Waals surface area contributed by atoms with Gasteiger partial charge in [0.2, 0.25) is 0 Å². The minimum absolute atomic E-state index is 0.316. The molecule has 3 aromatic rings. The molecule has 0 bridgehead atoms. The summed E-state index contributed by atoms with van der Waals surface area (Å²) < 4.78 is 0. The van der Waals surface area contributed by atoms with E-state index in [2.05, 4.69) is 70.9 Å². The summed E-state index contributed by atoms with van der Waals surface area (Å²) >= 11 is 0. The Hall–Kier alpha value is -2.78. The number of rotatable bonds is 3. The van der Waals surface area contributed by atoms with Crippen LogP contribution in [-0.2, 0) is 6.42 Å². The Morgan fingerprint density at radius 3 is 2.51 bits per heavy atom. The number of hydrogen-bond acceptors (Lipinski definition) is 3. The summed E-state index contributed by atoms with van der Waals surface area (Å²) in [6.45, 7) is 4.73. The Morgan fingerprint density at radius 2 is 1.66 bits per heavy atom. The van der Waals surface area contributed by atoms with Crippen molar-refractivity contribution in [2.24, 2.45) is 5.41 Å². The van der Waals surface area contributed by atoms with Gasteiger partial charge in [-0.2, -0.15) is 0 Å². The number of aryl methyl sites for hydroxylation is 1. The monoisotopic (exact) mass is 466 g/mol. The van der Waals surface area contributed by atoms with Crippen LogP contribution in [0.4, 0.5) is 5.69 Å². The first-order valence-corrected chi connectivity index (χ1v) is 13.6. The third-order valence-corrected chi connectivity index (χ3v) is 8.99. The molecular weight excluding hydrogens is 428 g/mol. The van der Waals surface area contributed by atoms with Gasteiger partial charge in [-0.1, -0.05) is 48.5 Å². The number of hydrogen-bond donors (Lipinski definition) is 2. The molecule has 3 aliphatic rings. The molecule has 2 heterocycles. The molecule has 1 aliphatic carbocycles. The fraction of sp³-hybridized carbons (Fsp3) is 0.438. The van der Waals surface area contributed by atoms with Gasteiger partial charge >= 0.3 is 0 Å². The third kappa shape index (κ3) is 4.59. The molecule has 1 spiro atoms. The van der Waals surface area contributed by atoms with E-state index in [9.17, 15) is 5.11 Å². The number of nitrogens with zero attached hydrogens (tertiary/aromatic N) is 1. The van der Waals surface area contributed by atoms with Crippen LogP contribution < -0.4 is 10.2 Å². The Kier molecular flexibility index (Phi) is 6.28. The minimum Gasteiger partial charge on any atom is -0.508 e. The van der Waals surface area contributed by atoms with Crippen molar-refractivity contribution in [1.29, 1.82) is 0 Å². The maximum Gasteiger partial charge on any atom is 0.115 e. The van der Waals surface area contributed by atoms with Gasteiger partial charge in [-0.25, -0.2) is 0 Å². The Morgan fingerprint density at radius 1 is 0.829 bits per heavy atom. The summed E-state index contributed by atoms with van der Waals surface area (Å²) in [6.07, 6.45) is 8.79. The van der Waals surface area contributed by atoms with Crippen molar-refractivity contribution in [3.63, 3.8) is 0 Å². The number of phenols is 1. The zero-order valence-electron chi connectivity index (χ0n) is 20.8. The molecule has 182 valence electrons. The first-order chi connectivity index (χ1) is 17.2. The summed E-state index contributed by atoms with van der Waals surface area (Å²) in [6, 6.07) is 26.5. The number of phenolic OH excluding ortho intramolecular Hbond substituents is 1. The normalized spacial score (nSPS) is 26.8. The van der Waals surface area contributed by atoms with Crippen molar-refractivity contribution >= 4 is 5.69 Å². The summed E-state index contributed by atoms with van der Waals surface area (Å²) in [7, 11) is 0. The van der Waals surface area contributed by atoms with E-state index in [1.54, 1.807) is 0 Å². The highest BCUT2D eigenvalue weighted by Gasteiger charge is 2.36. The van der Waals surface area contributed by atoms with E-state index in [1.807, 2.05) is 12.1 Å². The van der Waals surface area contributed by atoms with Crippen molar-refractivity contribution in [1.82, 2.24) is 5.32 Å². The van der Waals surface area contributed by atoms with Gasteiger partial charge in [0.05, 0.1) is 0 Å². The maximum absolute atomic E-state index is 10.1. The van der Waals surface area contributed by atoms with Crippen LogP contribution in [0.5, 0.6) is 5.75 Å². The lowest BCUT2D eigenvalue weighted by molar-refractivity contribution is 0.204. The predicted molar refractivity (Wildman–Crippen MR) is 144 cm³/mol. The number of piperidine rings is 1. The summed E-state index contributed by atoms with van der Waals surface area (Å²) in [4.78, 5) is 2.65. The number of anilines is 1. The summed E-state index contributed by atoms with van der Waals surface area (Å²) in [5.41, 5.74) is 7.34. The topological polar surface area (TPSA) is 35.5 Å². The number of aromatic hydroxyl groups is 1. The molecule has 0 amide bonds. The third-order valence-electron chi connectivity index (χ3n) is 8.99. The van der Waals surface area contributed by atoms with Gasteiger partial charge in [0, 0.05) is 24.7 Å². The van der Waals surface area contributed by atoms with Crippen molar-refractivity contribution in [2.75, 3.05) is 31.1 Å². The molecule has 3 nitrogen and oxygen atoms in total. The zero-order chi connectivity index (χ0) is 23.7. The molecule has 2 fully saturated rings. The van der Waals surface area contributed by atoms with E-state index in [4.69, 9.17) is 0 Å². The Labute approximate surface area is 210 Å². The second-order valence-electron chi connectivity index (χ2n) is 11.1. The van der Waals surface area contributed by atoms with Crippen LogP contribution in [0.1, 0.15) is 72.6 Å². The predicted octanol–water partition coefficient (Wildman–Crippen LogP) is 6.61. The van der Waals surface area contributed by atoms with Crippen LogP contribution >= 0.6 is 0 Å². The van der Waals surface area contributed by atoms with Crippen LogP contribution in [0.2, 0.25) is 0 Å². The first-order valence-electron chi connectivity index (χ1n) is 13.6. The van der Waals surface area contributed by atoms with Crippen LogP contribution in [-0.4, -0.2) is 31.3 Å². The SMILES string of the molecule is Oc1ccc2c(c1)CC[C@H](c1ccccc1)[C@@H]2c1ccc(N2CCCC3(CCCNCC3)C2)cc1. The van der Waals surface area contributed by atoms with E-state index in [0.29, 0.717) is 23.0 Å². The molecule has 3 heteroatoms. The average Bonchev–Trinajstić information content (AvgIpc) is 3.13. The molecule has 2 N–H and O–H groups in total. The lowest BCUT2D eigenvalue weighted by atomic mass is 9.69. The van der Waals surface area contributed by atoms with E-state index in [1.165, 1.54) is 86.2 Å². The zero-order valence-corrected chi connectivity index (χ0v) is 20.8. The van der Waals surface area contributed by atoms with Crippen molar-refractivity contribution in [3.8, 4) is 5.75 Å². The highest BCUT2D eigenvalue weighted by Crippen LogP contribution is 2.47. The van der Waals surface area contributed by atoms with Crippen LogP contribution in [0.15, 0.2) is 72.8 Å². The fourth-order valence-corrected chi connectivity index (χ4v) is 7.20. The average molecular weight is 467 g/mol. The van der Waals surface area contributed by atoms with Gasteiger partial charge in [-0.15, -0.1) is 0 Å². The molecular formula is C32H38N2O. The first kappa shape index (κ1) is 22.7. The van der Waals surface area contributed by atoms with Crippen molar-refractivity contribution in [2.45, 2.75) is 56.8 Å². The van der Waals surface area contributed by atoms with E-state index in [-0.39, 0.29) is 0 Å². The van der Waals surface area contributed by atoms with Gasteiger partial charge in [0.1, 0.15) is 5.75 Å². The number of nitrogens with one attached hydrogen (secondary N) is 1. The molecule has 1 unspecified atom stereocenters. The second-order valence-corrected chi connectivity index (χ2v) is 11.1. The highest BCUT2D eigenvalue weighted by atomic mass is 16.3. The minimum atomic E-state index is 0.316. The van der Waals surface area contributed by atoms with Gasteiger partial charge in [0.25, 0.3) is 0 Å². The fourth-order valence-electron chi connectivity index (χ4n) is 7.20. The highest BCUT2D eigenvalue weighted by molar-refractivity contribution is 5.53. The quantitative estimate of drug-likeness (QED) is 0.456. The molecule has 6 rings (SSSR count). The van der Waals surface area contributed by atoms with Crippen LogP contribution in [0.25, 0.3) is 0 Å². The van der Waals surface area contributed by atoms with E-state index < -0.39 is 0 Å². The van der Waals surface area contributed by atoms with Crippen LogP contribution in [0.3, 0.4) is 0 Å². The molecule has 35 heavy (non-hydrogen) atoms. The van der Waals surface area contributed by atoms with Crippen molar-refractivity contribution in [3.05, 3.63) is 95.1 Å². The van der Waals surface area contributed by atoms with Gasteiger partial charge in [-0.3, -0.25) is 0 Å². The molecule has 0 saturated carbocycles. The lowest BCUT2D eigenvalue weighted by Gasteiger charge is -2.44. The Bertz CT molecular complexity index is 1130. The maximum atomic E-state index is 10.1. The summed E-state index contributed by atoms with van der Waals surface area (Å²) in [5.74, 6) is 1.15. The van der Waals surface area contributed by atoms with E-state index >= 15 is 0 Å². The molecule has 0 radical (unpaired) electrons. The Balaban J connectivity index is 1.30. The molecule has 2 saturated heterocycles.